The van der Waals surface area contributed by atoms with Crippen molar-refractivity contribution >= 4 is 40.9 Å². The number of ether oxygens (including phenoxy) is 1. The number of phenols is 1. The van der Waals surface area contributed by atoms with Crippen molar-refractivity contribution in [3.63, 3.8) is 0 Å². The molecule has 0 saturated carbocycles. The maximum absolute atomic E-state index is 12.2. The van der Waals surface area contributed by atoms with Gasteiger partial charge in [0.1, 0.15) is 11.6 Å². The van der Waals surface area contributed by atoms with Gasteiger partial charge in [0.25, 0.3) is 5.91 Å². The molecule has 7 heteroatoms. The first-order valence-electron chi connectivity index (χ1n) is 6.70. The maximum atomic E-state index is 12.2. The summed E-state index contributed by atoms with van der Waals surface area (Å²) in [6.45, 7) is 0. The van der Waals surface area contributed by atoms with Crippen molar-refractivity contribution in [2.75, 3.05) is 12.4 Å². The number of phenolic OH excluding ortho intramolecular Hbond substituents is 1. The molecule has 5 nitrogen and oxygen atoms in total. The third-order valence-corrected chi connectivity index (χ3v) is 3.59. The Labute approximate surface area is 148 Å². The van der Waals surface area contributed by atoms with Gasteiger partial charge in [0, 0.05) is 10.7 Å². The van der Waals surface area contributed by atoms with E-state index in [0.717, 1.165) is 0 Å². The van der Waals surface area contributed by atoms with Gasteiger partial charge in [-0.15, -0.1) is 0 Å². The number of rotatable bonds is 4. The molecule has 2 aromatic rings. The molecule has 2 N–H and O–H groups in total. The average molecular weight is 363 g/mol. The van der Waals surface area contributed by atoms with E-state index in [-0.39, 0.29) is 22.1 Å². The minimum absolute atomic E-state index is 0.0519. The van der Waals surface area contributed by atoms with Crippen LogP contribution < -0.4 is 10.1 Å². The van der Waals surface area contributed by atoms with Crippen molar-refractivity contribution in [2.24, 2.45) is 0 Å². The summed E-state index contributed by atoms with van der Waals surface area (Å²) in [6, 6.07) is 11.2. The monoisotopic (exact) mass is 362 g/mol. The Morgan fingerprint density at radius 3 is 2.54 bits per heavy atom. The molecule has 0 unspecified atom stereocenters. The molecule has 0 atom stereocenters. The standard InChI is InChI=1S/C17H12Cl2N2O3/c1-24-15-8-10(7-14(19)16(15)22)6-11(9-20)17(23)21-13-4-2-12(18)3-5-13/h2-8,22H,1H3,(H,21,23)/b11-6+. The maximum Gasteiger partial charge on any atom is 0.266 e. The molecule has 0 saturated heterocycles. The van der Waals surface area contributed by atoms with E-state index in [4.69, 9.17) is 27.9 Å². The summed E-state index contributed by atoms with van der Waals surface area (Å²) in [5.41, 5.74) is 0.818. The molecule has 24 heavy (non-hydrogen) atoms. The number of hydrogen-bond acceptors (Lipinski definition) is 4. The molecule has 1 amide bonds. The third-order valence-electron chi connectivity index (χ3n) is 3.05. The Morgan fingerprint density at radius 1 is 1.29 bits per heavy atom. The van der Waals surface area contributed by atoms with Crippen LogP contribution in [-0.4, -0.2) is 18.1 Å². The van der Waals surface area contributed by atoms with Crippen LogP contribution in [0.5, 0.6) is 11.5 Å². The number of carbonyl (C=O) groups excluding carboxylic acids is 1. The molecule has 0 aliphatic heterocycles. The first-order valence-corrected chi connectivity index (χ1v) is 7.45. The molecule has 0 heterocycles. The fourth-order valence-electron chi connectivity index (χ4n) is 1.88. The zero-order chi connectivity index (χ0) is 17.7. The summed E-state index contributed by atoms with van der Waals surface area (Å²) in [5, 5.41) is 22.1. The molecular formula is C17H12Cl2N2O3. The highest BCUT2D eigenvalue weighted by Gasteiger charge is 2.12. The summed E-state index contributed by atoms with van der Waals surface area (Å²) in [7, 11) is 1.37. The van der Waals surface area contributed by atoms with Crippen molar-refractivity contribution in [3.8, 4) is 17.6 Å². The van der Waals surface area contributed by atoms with Gasteiger partial charge in [-0.2, -0.15) is 5.26 Å². The number of nitriles is 1. The van der Waals surface area contributed by atoms with E-state index in [1.54, 1.807) is 24.3 Å². The molecule has 0 aliphatic carbocycles. The Morgan fingerprint density at radius 2 is 1.96 bits per heavy atom. The average Bonchev–Trinajstić information content (AvgIpc) is 2.57. The van der Waals surface area contributed by atoms with Gasteiger partial charge in [0.05, 0.1) is 12.1 Å². The lowest BCUT2D eigenvalue weighted by Crippen LogP contribution is -2.13. The SMILES string of the molecule is COc1cc(/C=C(\C#N)C(=O)Nc2ccc(Cl)cc2)cc(Cl)c1O. The van der Waals surface area contributed by atoms with Gasteiger partial charge in [0.2, 0.25) is 0 Å². The van der Waals surface area contributed by atoms with Gasteiger partial charge in [0.15, 0.2) is 11.5 Å². The van der Waals surface area contributed by atoms with Crippen LogP contribution in [0.1, 0.15) is 5.56 Å². The van der Waals surface area contributed by atoms with Crippen molar-refractivity contribution in [2.45, 2.75) is 0 Å². The largest absolute Gasteiger partial charge is 0.503 e. The highest BCUT2D eigenvalue weighted by atomic mass is 35.5. The van der Waals surface area contributed by atoms with Crippen LogP contribution in [-0.2, 0) is 4.79 Å². The van der Waals surface area contributed by atoms with Crippen LogP contribution in [0, 0.1) is 11.3 Å². The van der Waals surface area contributed by atoms with E-state index < -0.39 is 5.91 Å². The minimum Gasteiger partial charge on any atom is -0.503 e. The molecular weight excluding hydrogens is 351 g/mol. The highest BCUT2D eigenvalue weighted by molar-refractivity contribution is 6.32. The Hall–Kier alpha value is -2.68. The normalized spacial score (nSPS) is 10.8. The molecule has 0 aromatic heterocycles. The predicted molar refractivity (Wildman–Crippen MR) is 93.3 cm³/mol. The van der Waals surface area contributed by atoms with Gasteiger partial charge >= 0.3 is 0 Å². The van der Waals surface area contributed by atoms with E-state index >= 15 is 0 Å². The van der Waals surface area contributed by atoms with Crippen LogP contribution in [0.15, 0.2) is 42.0 Å². The highest BCUT2D eigenvalue weighted by Crippen LogP contribution is 2.35. The van der Waals surface area contributed by atoms with Gasteiger partial charge in [-0.1, -0.05) is 23.2 Å². The smallest absolute Gasteiger partial charge is 0.266 e. The summed E-state index contributed by atoms with van der Waals surface area (Å²) in [5.74, 6) is -0.646. The van der Waals surface area contributed by atoms with E-state index in [2.05, 4.69) is 5.32 Å². The van der Waals surface area contributed by atoms with E-state index in [9.17, 15) is 15.2 Å². The molecule has 2 rings (SSSR count). The summed E-state index contributed by atoms with van der Waals surface area (Å²) in [4.78, 5) is 12.2. The third kappa shape index (κ3) is 4.19. The minimum atomic E-state index is -0.581. The van der Waals surface area contributed by atoms with E-state index in [1.165, 1.54) is 25.3 Å². The quantitative estimate of drug-likeness (QED) is 0.628. The number of hydrogen-bond donors (Lipinski definition) is 2. The van der Waals surface area contributed by atoms with Crippen LogP contribution in [0.3, 0.4) is 0 Å². The Balaban J connectivity index is 2.29. The van der Waals surface area contributed by atoms with Gasteiger partial charge in [-0.3, -0.25) is 4.79 Å². The molecule has 122 valence electrons. The molecule has 0 radical (unpaired) electrons. The van der Waals surface area contributed by atoms with Crippen LogP contribution >= 0.6 is 23.2 Å². The number of anilines is 1. The number of aromatic hydroxyl groups is 1. The topological polar surface area (TPSA) is 82.3 Å². The predicted octanol–water partition coefficient (Wildman–Crippen LogP) is 4.25. The first kappa shape index (κ1) is 17.7. The second-order valence-electron chi connectivity index (χ2n) is 4.68. The number of benzene rings is 2. The lowest BCUT2D eigenvalue weighted by atomic mass is 10.1. The lowest BCUT2D eigenvalue weighted by Gasteiger charge is -2.07. The number of halogens is 2. The van der Waals surface area contributed by atoms with E-state index in [1.807, 2.05) is 6.07 Å². The lowest BCUT2D eigenvalue weighted by molar-refractivity contribution is -0.112. The van der Waals surface area contributed by atoms with Crippen molar-refractivity contribution in [1.82, 2.24) is 0 Å². The Kier molecular flexibility index (Phi) is 5.69. The molecule has 0 aliphatic rings. The fourth-order valence-corrected chi connectivity index (χ4v) is 2.22. The van der Waals surface area contributed by atoms with Crippen LogP contribution in [0.4, 0.5) is 5.69 Å². The molecule has 0 fully saturated rings. The molecule has 0 spiro atoms. The van der Waals surface area contributed by atoms with E-state index in [0.29, 0.717) is 16.3 Å². The summed E-state index contributed by atoms with van der Waals surface area (Å²) in [6.07, 6.45) is 1.35. The number of methoxy groups -OCH3 is 1. The van der Waals surface area contributed by atoms with Gasteiger partial charge in [-0.25, -0.2) is 0 Å². The molecule has 0 bridgehead atoms. The summed E-state index contributed by atoms with van der Waals surface area (Å²) < 4.78 is 4.99. The van der Waals surface area contributed by atoms with Crippen molar-refractivity contribution < 1.29 is 14.6 Å². The van der Waals surface area contributed by atoms with Crippen LogP contribution in [0.25, 0.3) is 6.08 Å². The Bertz CT molecular complexity index is 840. The second kappa shape index (κ2) is 7.73. The van der Waals surface area contributed by atoms with Crippen LogP contribution in [0.2, 0.25) is 10.0 Å². The number of nitrogens with one attached hydrogen (secondary N) is 1. The zero-order valence-corrected chi connectivity index (χ0v) is 14.0. The molecule has 2 aromatic carbocycles. The second-order valence-corrected chi connectivity index (χ2v) is 5.53. The zero-order valence-electron chi connectivity index (χ0n) is 12.5. The van der Waals surface area contributed by atoms with Crippen molar-refractivity contribution in [3.05, 3.63) is 57.6 Å². The van der Waals surface area contributed by atoms with Gasteiger partial charge < -0.3 is 15.2 Å². The number of carbonyl (C=O) groups is 1. The van der Waals surface area contributed by atoms with Crippen molar-refractivity contribution in [1.29, 1.82) is 5.26 Å². The van der Waals surface area contributed by atoms with Gasteiger partial charge in [-0.05, 0) is 48.0 Å². The number of amides is 1. The summed E-state index contributed by atoms with van der Waals surface area (Å²) >= 11 is 11.7. The number of nitrogens with zero attached hydrogens (tertiary/aromatic N) is 1. The fraction of sp³-hybridized carbons (Fsp3) is 0.0588. The first-order chi connectivity index (χ1) is 11.4.